The highest BCUT2D eigenvalue weighted by Gasteiger charge is 2.03. The van der Waals surface area contributed by atoms with Gasteiger partial charge in [-0.2, -0.15) is 0 Å². The van der Waals surface area contributed by atoms with Gasteiger partial charge >= 0.3 is 0 Å². The standard InChI is InChI=1S/C15H12BrClN2O/c1-10-13(7-8-14(16)18-10)19-15(20)9-4-11-2-5-12(17)6-3-11/h2-9H,1H3,(H,19,20)/b9-4+. The number of benzene rings is 1. The molecule has 0 radical (unpaired) electrons. The van der Waals surface area contributed by atoms with Gasteiger partial charge in [0.25, 0.3) is 0 Å². The first-order valence-electron chi connectivity index (χ1n) is 5.92. The number of hydrogen-bond acceptors (Lipinski definition) is 2. The largest absolute Gasteiger partial charge is 0.321 e. The van der Waals surface area contributed by atoms with Crippen molar-refractivity contribution in [2.24, 2.45) is 0 Å². The minimum absolute atomic E-state index is 0.202. The van der Waals surface area contributed by atoms with E-state index < -0.39 is 0 Å². The summed E-state index contributed by atoms with van der Waals surface area (Å²) in [4.78, 5) is 16.0. The maximum Gasteiger partial charge on any atom is 0.248 e. The number of anilines is 1. The zero-order chi connectivity index (χ0) is 14.5. The molecule has 0 aliphatic carbocycles. The fraction of sp³-hybridized carbons (Fsp3) is 0.0667. The molecule has 0 aliphatic heterocycles. The minimum Gasteiger partial charge on any atom is -0.321 e. The zero-order valence-corrected chi connectivity index (χ0v) is 13.1. The predicted octanol–water partition coefficient (Wildman–Crippen LogP) is 4.46. The van der Waals surface area contributed by atoms with Gasteiger partial charge in [0.15, 0.2) is 0 Å². The normalized spacial score (nSPS) is 10.8. The Hall–Kier alpha value is -1.65. The van der Waals surface area contributed by atoms with Crippen LogP contribution in [0.5, 0.6) is 0 Å². The number of rotatable bonds is 3. The second-order valence-electron chi connectivity index (χ2n) is 4.14. The smallest absolute Gasteiger partial charge is 0.248 e. The summed E-state index contributed by atoms with van der Waals surface area (Å²) in [5.74, 6) is -0.202. The summed E-state index contributed by atoms with van der Waals surface area (Å²) in [6.07, 6.45) is 3.21. The molecule has 1 heterocycles. The Labute approximate surface area is 130 Å². The van der Waals surface area contributed by atoms with E-state index in [0.29, 0.717) is 10.7 Å². The molecule has 20 heavy (non-hydrogen) atoms. The summed E-state index contributed by atoms with van der Waals surface area (Å²) in [7, 11) is 0. The molecule has 1 N–H and O–H groups in total. The van der Waals surface area contributed by atoms with Crippen LogP contribution in [0.2, 0.25) is 5.02 Å². The van der Waals surface area contributed by atoms with E-state index in [1.165, 1.54) is 6.08 Å². The van der Waals surface area contributed by atoms with Crippen LogP contribution in [-0.4, -0.2) is 10.9 Å². The Morgan fingerprint density at radius 1 is 1.25 bits per heavy atom. The van der Waals surface area contributed by atoms with Crippen molar-refractivity contribution >= 4 is 45.2 Å². The van der Waals surface area contributed by atoms with Gasteiger partial charge in [-0.1, -0.05) is 23.7 Å². The van der Waals surface area contributed by atoms with Crippen LogP contribution in [0, 0.1) is 6.92 Å². The molecular weight excluding hydrogens is 340 g/mol. The van der Waals surface area contributed by atoms with Crippen LogP contribution >= 0.6 is 27.5 Å². The molecule has 1 aromatic heterocycles. The van der Waals surface area contributed by atoms with E-state index >= 15 is 0 Å². The number of hydrogen-bond donors (Lipinski definition) is 1. The summed E-state index contributed by atoms with van der Waals surface area (Å²) in [6.45, 7) is 1.84. The molecule has 2 aromatic rings. The van der Waals surface area contributed by atoms with E-state index in [9.17, 15) is 4.79 Å². The number of aryl methyl sites for hydroxylation is 1. The van der Waals surface area contributed by atoms with E-state index in [1.54, 1.807) is 30.3 Å². The van der Waals surface area contributed by atoms with Gasteiger partial charge in [-0.05, 0) is 58.8 Å². The Kier molecular flexibility index (Phi) is 4.93. The third-order valence-corrected chi connectivity index (χ3v) is 3.30. The summed E-state index contributed by atoms with van der Waals surface area (Å²) >= 11 is 9.08. The van der Waals surface area contributed by atoms with E-state index in [4.69, 9.17) is 11.6 Å². The lowest BCUT2D eigenvalue weighted by atomic mass is 10.2. The van der Waals surface area contributed by atoms with E-state index in [-0.39, 0.29) is 5.91 Å². The van der Waals surface area contributed by atoms with Crippen molar-refractivity contribution in [3.05, 3.63) is 63.4 Å². The van der Waals surface area contributed by atoms with Gasteiger partial charge < -0.3 is 5.32 Å². The molecule has 0 saturated carbocycles. The quantitative estimate of drug-likeness (QED) is 0.655. The predicted molar refractivity (Wildman–Crippen MR) is 85.8 cm³/mol. The van der Waals surface area contributed by atoms with Crippen molar-refractivity contribution in [3.8, 4) is 0 Å². The minimum atomic E-state index is -0.202. The van der Waals surface area contributed by atoms with E-state index in [1.807, 2.05) is 19.1 Å². The lowest BCUT2D eigenvalue weighted by Gasteiger charge is -2.05. The van der Waals surface area contributed by atoms with Crippen LogP contribution in [0.3, 0.4) is 0 Å². The number of aromatic nitrogens is 1. The number of amides is 1. The van der Waals surface area contributed by atoms with Gasteiger partial charge in [-0.3, -0.25) is 4.79 Å². The van der Waals surface area contributed by atoms with Crippen molar-refractivity contribution in [2.75, 3.05) is 5.32 Å². The van der Waals surface area contributed by atoms with Crippen LogP contribution in [0.25, 0.3) is 6.08 Å². The molecule has 0 unspecified atom stereocenters. The van der Waals surface area contributed by atoms with Crippen LogP contribution in [-0.2, 0) is 4.79 Å². The van der Waals surface area contributed by atoms with Gasteiger partial charge in [0.05, 0.1) is 11.4 Å². The molecule has 3 nitrogen and oxygen atoms in total. The summed E-state index contributed by atoms with van der Waals surface area (Å²) < 4.78 is 0.740. The lowest BCUT2D eigenvalue weighted by molar-refractivity contribution is -0.111. The number of carbonyl (C=O) groups excluding carboxylic acids is 1. The average Bonchev–Trinajstić information content (AvgIpc) is 2.41. The first kappa shape index (κ1) is 14.8. The molecule has 1 amide bonds. The van der Waals surface area contributed by atoms with Crippen LogP contribution in [0.15, 0.2) is 47.1 Å². The van der Waals surface area contributed by atoms with E-state index in [0.717, 1.165) is 15.9 Å². The summed E-state index contributed by atoms with van der Waals surface area (Å²) in [5, 5.41) is 3.45. The number of nitrogens with zero attached hydrogens (tertiary/aromatic N) is 1. The van der Waals surface area contributed by atoms with Crippen LogP contribution in [0.4, 0.5) is 5.69 Å². The number of carbonyl (C=O) groups is 1. The zero-order valence-electron chi connectivity index (χ0n) is 10.7. The highest BCUT2D eigenvalue weighted by Crippen LogP contribution is 2.16. The number of nitrogens with one attached hydrogen (secondary N) is 1. The van der Waals surface area contributed by atoms with E-state index in [2.05, 4.69) is 26.2 Å². The fourth-order valence-electron chi connectivity index (χ4n) is 1.58. The lowest BCUT2D eigenvalue weighted by Crippen LogP contribution is -2.09. The maximum absolute atomic E-state index is 11.8. The highest BCUT2D eigenvalue weighted by molar-refractivity contribution is 9.10. The molecule has 0 aliphatic rings. The molecule has 2 rings (SSSR count). The Bertz CT molecular complexity index is 653. The average molecular weight is 352 g/mol. The monoisotopic (exact) mass is 350 g/mol. The van der Waals surface area contributed by atoms with Gasteiger partial charge in [-0.25, -0.2) is 4.98 Å². The third-order valence-electron chi connectivity index (χ3n) is 2.61. The van der Waals surface area contributed by atoms with Gasteiger partial charge in [0.1, 0.15) is 4.60 Å². The summed E-state index contributed by atoms with van der Waals surface area (Å²) in [5.41, 5.74) is 2.36. The van der Waals surface area contributed by atoms with Crippen LogP contribution < -0.4 is 5.32 Å². The molecule has 0 spiro atoms. The number of pyridine rings is 1. The second-order valence-corrected chi connectivity index (χ2v) is 5.39. The molecule has 5 heteroatoms. The van der Waals surface area contributed by atoms with Crippen LogP contribution in [0.1, 0.15) is 11.3 Å². The van der Waals surface area contributed by atoms with Crippen molar-refractivity contribution in [1.82, 2.24) is 4.98 Å². The van der Waals surface area contributed by atoms with Crippen molar-refractivity contribution in [2.45, 2.75) is 6.92 Å². The number of halogens is 2. The van der Waals surface area contributed by atoms with Crippen molar-refractivity contribution in [3.63, 3.8) is 0 Å². The second kappa shape index (κ2) is 6.68. The topological polar surface area (TPSA) is 42.0 Å². The highest BCUT2D eigenvalue weighted by atomic mass is 79.9. The molecular formula is C15H12BrClN2O. The SMILES string of the molecule is Cc1nc(Br)ccc1NC(=O)/C=C/c1ccc(Cl)cc1. The molecule has 0 saturated heterocycles. The Balaban J connectivity index is 2.03. The molecule has 1 aromatic carbocycles. The third kappa shape index (κ3) is 4.18. The van der Waals surface area contributed by atoms with Crippen molar-refractivity contribution < 1.29 is 4.79 Å². The fourth-order valence-corrected chi connectivity index (χ4v) is 2.11. The molecule has 0 atom stereocenters. The molecule has 0 fully saturated rings. The van der Waals surface area contributed by atoms with Gasteiger partial charge in [0.2, 0.25) is 5.91 Å². The van der Waals surface area contributed by atoms with Crippen molar-refractivity contribution in [1.29, 1.82) is 0 Å². The maximum atomic E-state index is 11.8. The Morgan fingerprint density at radius 2 is 1.95 bits per heavy atom. The first-order valence-corrected chi connectivity index (χ1v) is 7.09. The molecule has 102 valence electrons. The molecule has 0 bridgehead atoms. The first-order chi connectivity index (χ1) is 9.54. The Morgan fingerprint density at radius 3 is 2.60 bits per heavy atom. The van der Waals surface area contributed by atoms with Gasteiger partial charge in [0, 0.05) is 11.1 Å². The van der Waals surface area contributed by atoms with Gasteiger partial charge in [-0.15, -0.1) is 0 Å². The summed E-state index contributed by atoms with van der Waals surface area (Å²) in [6, 6.07) is 10.8.